The first kappa shape index (κ1) is 21.0. The summed E-state index contributed by atoms with van der Waals surface area (Å²) in [7, 11) is 0. The number of carbonyl (C=O) groups excluding carboxylic acids is 2. The second kappa shape index (κ2) is 9.09. The van der Waals surface area contributed by atoms with Crippen LogP contribution in [0.2, 0.25) is 0 Å². The van der Waals surface area contributed by atoms with Gasteiger partial charge >= 0.3 is 6.09 Å². The van der Waals surface area contributed by atoms with Gasteiger partial charge in [0.2, 0.25) is 5.91 Å². The summed E-state index contributed by atoms with van der Waals surface area (Å²) < 4.78 is 5.50. The maximum atomic E-state index is 12.6. The van der Waals surface area contributed by atoms with Gasteiger partial charge in [-0.1, -0.05) is 26.7 Å². The zero-order valence-electron chi connectivity index (χ0n) is 17.4. The van der Waals surface area contributed by atoms with E-state index in [1.54, 1.807) is 0 Å². The predicted molar refractivity (Wildman–Crippen MR) is 104 cm³/mol. The highest BCUT2D eigenvalue weighted by atomic mass is 16.6. The van der Waals surface area contributed by atoms with Crippen molar-refractivity contribution in [3.8, 4) is 0 Å². The first-order valence-corrected chi connectivity index (χ1v) is 10.5. The van der Waals surface area contributed by atoms with Crippen LogP contribution in [-0.4, -0.2) is 53.6 Å². The maximum absolute atomic E-state index is 12.6. The smallest absolute Gasteiger partial charge is 0.410 e. The van der Waals surface area contributed by atoms with E-state index < -0.39 is 5.60 Å². The van der Waals surface area contributed by atoms with Crippen LogP contribution in [0.15, 0.2) is 0 Å². The number of piperidine rings is 1. The molecule has 5 nitrogen and oxygen atoms in total. The van der Waals surface area contributed by atoms with Crippen molar-refractivity contribution < 1.29 is 14.3 Å². The monoisotopic (exact) mass is 366 g/mol. The van der Waals surface area contributed by atoms with Crippen molar-refractivity contribution in [1.82, 2.24) is 9.80 Å². The van der Waals surface area contributed by atoms with E-state index >= 15 is 0 Å². The number of ether oxygens (including phenoxy) is 1. The average Bonchev–Trinajstić information content (AvgIpc) is 3.08. The lowest BCUT2D eigenvalue weighted by atomic mass is 9.83. The SMILES string of the molecule is CCCCC(C)C(=O)N1CCC(C2CCN(C(=O)OC(C)(C)C)C2)CC1. The lowest BCUT2D eigenvalue weighted by molar-refractivity contribution is -0.136. The van der Waals surface area contributed by atoms with Crippen LogP contribution in [0.3, 0.4) is 0 Å². The maximum Gasteiger partial charge on any atom is 0.410 e. The Hall–Kier alpha value is -1.26. The molecule has 0 aromatic rings. The second-order valence-corrected chi connectivity index (χ2v) is 9.18. The van der Waals surface area contributed by atoms with Gasteiger partial charge in [0.05, 0.1) is 0 Å². The highest BCUT2D eigenvalue weighted by Gasteiger charge is 2.36. The van der Waals surface area contributed by atoms with Crippen molar-refractivity contribution in [2.24, 2.45) is 17.8 Å². The van der Waals surface area contributed by atoms with Crippen molar-refractivity contribution in [2.45, 2.75) is 78.7 Å². The van der Waals surface area contributed by atoms with Crippen LogP contribution >= 0.6 is 0 Å². The highest BCUT2D eigenvalue weighted by Crippen LogP contribution is 2.33. The van der Waals surface area contributed by atoms with Gasteiger partial charge in [0, 0.05) is 32.1 Å². The number of unbranched alkanes of at least 4 members (excludes halogenated alkanes) is 1. The Balaban J connectivity index is 1.76. The van der Waals surface area contributed by atoms with Crippen molar-refractivity contribution in [1.29, 1.82) is 0 Å². The van der Waals surface area contributed by atoms with Gasteiger partial charge in [-0.2, -0.15) is 0 Å². The fourth-order valence-corrected chi connectivity index (χ4v) is 4.20. The Labute approximate surface area is 159 Å². The van der Waals surface area contributed by atoms with Crippen LogP contribution < -0.4 is 0 Å². The van der Waals surface area contributed by atoms with Gasteiger partial charge in [-0.15, -0.1) is 0 Å². The Kier molecular flexibility index (Phi) is 7.36. The molecule has 2 atom stereocenters. The molecule has 0 aromatic heterocycles. The van der Waals surface area contributed by atoms with Crippen LogP contribution in [0.5, 0.6) is 0 Å². The fourth-order valence-electron chi connectivity index (χ4n) is 4.20. The molecule has 0 saturated carbocycles. The van der Waals surface area contributed by atoms with Crippen LogP contribution in [0, 0.1) is 17.8 Å². The lowest BCUT2D eigenvalue weighted by Gasteiger charge is -2.36. The number of hydrogen-bond acceptors (Lipinski definition) is 3. The van der Waals surface area contributed by atoms with Crippen LogP contribution in [-0.2, 0) is 9.53 Å². The third kappa shape index (κ3) is 5.88. The minimum absolute atomic E-state index is 0.153. The van der Waals surface area contributed by atoms with E-state index in [2.05, 4.69) is 18.7 Å². The first-order chi connectivity index (χ1) is 12.2. The summed E-state index contributed by atoms with van der Waals surface area (Å²) in [6, 6.07) is 0. The highest BCUT2D eigenvalue weighted by molar-refractivity contribution is 5.78. The Bertz CT molecular complexity index is 478. The Morgan fingerprint density at radius 3 is 2.19 bits per heavy atom. The van der Waals surface area contributed by atoms with Crippen molar-refractivity contribution in [2.75, 3.05) is 26.2 Å². The summed E-state index contributed by atoms with van der Waals surface area (Å²) in [5.74, 6) is 1.66. The number of rotatable bonds is 5. The Morgan fingerprint density at radius 2 is 1.62 bits per heavy atom. The van der Waals surface area contributed by atoms with Gasteiger partial charge < -0.3 is 14.5 Å². The summed E-state index contributed by atoms with van der Waals surface area (Å²) in [4.78, 5) is 28.7. The van der Waals surface area contributed by atoms with Gasteiger partial charge in [-0.05, 0) is 58.3 Å². The molecule has 0 aliphatic carbocycles. The largest absolute Gasteiger partial charge is 0.444 e. The summed E-state index contributed by atoms with van der Waals surface area (Å²) in [6.45, 7) is 13.3. The van der Waals surface area contributed by atoms with Gasteiger partial charge in [-0.25, -0.2) is 4.79 Å². The minimum atomic E-state index is -0.435. The molecule has 2 heterocycles. The van der Waals surface area contributed by atoms with Crippen LogP contribution in [0.1, 0.15) is 73.1 Å². The number of carbonyl (C=O) groups is 2. The molecule has 0 bridgehead atoms. The summed E-state index contributed by atoms with van der Waals surface area (Å²) >= 11 is 0. The molecule has 150 valence electrons. The number of likely N-dealkylation sites (tertiary alicyclic amines) is 2. The molecule has 2 rings (SSSR count). The van der Waals surface area contributed by atoms with E-state index in [-0.39, 0.29) is 12.0 Å². The third-order valence-corrected chi connectivity index (χ3v) is 5.81. The predicted octanol–water partition coefficient (Wildman–Crippen LogP) is 4.31. The first-order valence-electron chi connectivity index (χ1n) is 10.5. The standard InChI is InChI=1S/C21H38N2O3/c1-6-7-8-16(2)19(24)22-12-9-17(10-13-22)18-11-14-23(15-18)20(25)26-21(3,4)5/h16-18H,6-15H2,1-5H3. The zero-order valence-corrected chi connectivity index (χ0v) is 17.4. The molecule has 2 fully saturated rings. The van der Waals surface area contributed by atoms with E-state index in [1.807, 2.05) is 25.7 Å². The van der Waals surface area contributed by atoms with Gasteiger partial charge in [0.1, 0.15) is 5.60 Å². The molecule has 2 saturated heterocycles. The summed E-state index contributed by atoms with van der Waals surface area (Å²) in [5.41, 5.74) is -0.435. The summed E-state index contributed by atoms with van der Waals surface area (Å²) in [6.07, 6.45) is 6.30. The van der Waals surface area contributed by atoms with E-state index in [1.165, 1.54) is 0 Å². The molecule has 0 radical (unpaired) electrons. The molecule has 2 aliphatic rings. The number of nitrogens with zero attached hydrogens (tertiary/aromatic N) is 2. The molecule has 0 N–H and O–H groups in total. The summed E-state index contributed by atoms with van der Waals surface area (Å²) in [5, 5.41) is 0. The number of hydrogen-bond donors (Lipinski definition) is 0. The quantitative estimate of drug-likeness (QED) is 0.728. The van der Waals surface area contributed by atoms with Crippen LogP contribution in [0.4, 0.5) is 4.79 Å². The average molecular weight is 367 g/mol. The molecule has 0 spiro atoms. The van der Waals surface area contributed by atoms with Gasteiger partial charge in [-0.3, -0.25) is 4.79 Å². The minimum Gasteiger partial charge on any atom is -0.444 e. The molecule has 2 aliphatic heterocycles. The Morgan fingerprint density at radius 1 is 1.04 bits per heavy atom. The van der Waals surface area contributed by atoms with E-state index in [4.69, 9.17) is 4.74 Å². The topological polar surface area (TPSA) is 49.9 Å². The van der Waals surface area contributed by atoms with Crippen molar-refractivity contribution >= 4 is 12.0 Å². The molecule has 2 amide bonds. The lowest BCUT2D eigenvalue weighted by Crippen LogP contribution is -2.43. The van der Waals surface area contributed by atoms with Crippen LogP contribution in [0.25, 0.3) is 0 Å². The van der Waals surface area contributed by atoms with E-state index in [0.29, 0.717) is 17.7 Å². The molecular formula is C21H38N2O3. The van der Waals surface area contributed by atoms with Gasteiger partial charge in [0.15, 0.2) is 0 Å². The van der Waals surface area contributed by atoms with E-state index in [9.17, 15) is 9.59 Å². The van der Waals surface area contributed by atoms with Crippen molar-refractivity contribution in [3.05, 3.63) is 0 Å². The van der Waals surface area contributed by atoms with E-state index in [0.717, 1.165) is 64.7 Å². The molecule has 26 heavy (non-hydrogen) atoms. The third-order valence-electron chi connectivity index (χ3n) is 5.81. The van der Waals surface area contributed by atoms with Gasteiger partial charge in [0.25, 0.3) is 0 Å². The second-order valence-electron chi connectivity index (χ2n) is 9.18. The fraction of sp³-hybridized carbons (Fsp3) is 0.905. The zero-order chi connectivity index (χ0) is 19.3. The normalized spacial score (nSPS) is 23.2. The molecule has 5 heteroatoms. The molecule has 0 aromatic carbocycles. The van der Waals surface area contributed by atoms with Crippen molar-refractivity contribution in [3.63, 3.8) is 0 Å². The molecular weight excluding hydrogens is 328 g/mol. The number of amides is 2. The molecule has 2 unspecified atom stereocenters.